The minimum Gasteiger partial charge on any atom is -0.487 e. The molecule has 7 nitrogen and oxygen atoms in total. The number of halogens is 3. The number of benzene rings is 2. The predicted molar refractivity (Wildman–Crippen MR) is 102 cm³/mol. The van der Waals surface area contributed by atoms with Crippen molar-refractivity contribution >= 4 is 11.7 Å². The molecule has 1 N–H and O–H groups in total. The van der Waals surface area contributed by atoms with Gasteiger partial charge in [0, 0.05) is 13.1 Å². The Balaban J connectivity index is 1.30. The van der Waals surface area contributed by atoms with Crippen LogP contribution < -0.4 is 10.1 Å². The van der Waals surface area contributed by atoms with Crippen LogP contribution in [0.25, 0.3) is 0 Å². The third-order valence-electron chi connectivity index (χ3n) is 4.69. The summed E-state index contributed by atoms with van der Waals surface area (Å²) in [4.78, 5) is 13.7. The lowest BCUT2D eigenvalue weighted by Gasteiger charge is -2.38. The van der Waals surface area contributed by atoms with E-state index in [2.05, 4.69) is 15.6 Å². The highest BCUT2D eigenvalue weighted by Crippen LogP contribution is 2.35. The van der Waals surface area contributed by atoms with Crippen LogP contribution in [0.5, 0.6) is 5.75 Å². The van der Waals surface area contributed by atoms with Gasteiger partial charge >= 0.3 is 12.2 Å². The maximum atomic E-state index is 13.1. The Morgan fingerprint density at radius 3 is 2.53 bits per heavy atom. The van der Waals surface area contributed by atoms with E-state index in [1.54, 1.807) is 10.9 Å². The van der Waals surface area contributed by atoms with Crippen LogP contribution in [0.4, 0.5) is 23.7 Å². The number of likely N-dealkylation sites (tertiary alicyclic amines) is 1. The maximum absolute atomic E-state index is 13.1. The SMILES string of the molecule is O=C(Nc1ccccc1C(F)(F)F)N1CC(n2cc(COc3ccccc3)nn2)C1. The molecule has 4 rings (SSSR count). The van der Waals surface area contributed by atoms with E-state index in [4.69, 9.17) is 4.74 Å². The first-order chi connectivity index (χ1) is 14.4. The van der Waals surface area contributed by atoms with Gasteiger partial charge in [-0.25, -0.2) is 9.48 Å². The van der Waals surface area contributed by atoms with Crippen molar-refractivity contribution in [3.63, 3.8) is 0 Å². The van der Waals surface area contributed by atoms with Crippen LogP contribution in [0.15, 0.2) is 60.8 Å². The Bertz CT molecular complexity index is 1020. The molecule has 0 unspecified atom stereocenters. The van der Waals surface area contributed by atoms with Gasteiger partial charge in [0.25, 0.3) is 0 Å². The summed E-state index contributed by atoms with van der Waals surface area (Å²) in [6, 6.07) is 13.5. The molecule has 0 saturated carbocycles. The van der Waals surface area contributed by atoms with Gasteiger partial charge in [-0.15, -0.1) is 5.10 Å². The van der Waals surface area contributed by atoms with E-state index >= 15 is 0 Å². The van der Waals surface area contributed by atoms with E-state index < -0.39 is 17.8 Å². The van der Waals surface area contributed by atoms with Gasteiger partial charge < -0.3 is 15.0 Å². The normalized spacial score (nSPS) is 14.3. The zero-order valence-corrected chi connectivity index (χ0v) is 15.7. The second kappa shape index (κ2) is 8.05. The summed E-state index contributed by atoms with van der Waals surface area (Å²) in [7, 11) is 0. The van der Waals surface area contributed by atoms with Gasteiger partial charge in [0.2, 0.25) is 0 Å². The van der Waals surface area contributed by atoms with Gasteiger partial charge in [-0.1, -0.05) is 35.5 Å². The fourth-order valence-corrected chi connectivity index (χ4v) is 3.05. The largest absolute Gasteiger partial charge is 0.487 e. The molecule has 1 aromatic heterocycles. The van der Waals surface area contributed by atoms with Gasteiger partial charge in [-0.3, -0.25) is 0 Å². The molecule has 3 aromatic rings. The van der Waals surface area contributed by atoms with Crippen molar-refractivity contribution in [2.45, 2.75) is 18.8 Å². The molecule has 2 heterocycles. The zero-order valence-electron chi connectivity index (χ0n) is 15.7. The van der Waals surface area contributed by atoms with Crippen LogP contribution in [0.3, 0.4) is 0 Å². The Hall–Kier alpha value is -3.56. The minimum absolute atomic E-state index is 0.0911. The number of para-hydroxylation sites is 2. The Labute approximate surface area is 170 Å². The monoisotopic (exact) mass is 417 g/mol. The molecule has 2 aromatic carbocycles. The second-order valence-electron chi connectivity index (χ2n) is 6.82. The number of anilines is 1. The van der Waals surface area contributed by atoms with Crippen molar-refractivity contribution in [2.75, 3.05) is 18.4 Å². The van der Waals surface area contributed by atoms with Crippen molar-refractivity contribution in [3.05, 3.63) is 72.1 Å². The summed E-state index contributed by atoms with van der Waals surface area (Å²) >= 11 is 0. The van der Waals surface area contributed by atoms with E-state index in [-0.39, 0.29) is 18.3 Å². The smallest absolute Gasteiger partial charge is 0.418 e. The van der Waals surface area contributed by atoms with Crippen LogP contribution in [-0.4, -0.2) is 39.0 Å². The molecule has 10 heteroatoms. The quantitative estimate of drug-likeness (QED) is 0.682. The number of carbonyl (C=O) groups is 1. The molecule has 1 aliphatic rings. The number of nitrogens with one attached hydrogen (secondary N) is 1. The fraction of sp³-hybridized carbons (Fsp3) is 0.250. The number of carbonyl (C=O) groups excluding carboxylic acids is 1. The van der Waals surface area contributed by atoms with Gasteiger partial charge in [-0.2, -0.15) is 13.2 Å². The molecular formula is C20H18F3N5O2. The molecule has 1 saturated heterocycles. The van der Waals surface area contributed by atoms with Crippen LogP contribution in [0.2, 0.25) is 0 Å². The zero-order chi connectivity index (χ0) is 21.1. The van der Waals surface area contributed by atoms with E-state index in [0.717, 1.165) is 11.8 Å². The van der Waals surface area contributed by atoms with Gasteiger partial charge in [0.15, 0.2) is 0 Å². The Morgan fingerprint density at radius 2 is 1.80 bits per heavy atom. The number of ether oxygens (including phenoxy) is 1. The lowest BCUT2D eigenvalue weighted by atomic mass is 10.1. The highest BCUT2D eigenvalue weighted by atomic mass is 19.4. The average Bonchev–Trinajstić information content (AvgIpc) is 3.14. The standard InChI is InChI=1S/C20H18F3N5O2/c21-20(22,23)17-8-4-5-9-18(17)24-19(29)27-11-15(12-27)28-10-14(25-26-28)13-30-16-6-2-1-3-7-16/h1-10,15H,11-13H2,(H,24,29). The molecule has 30 heavy (non-hydrogen) atoms. The van der Waals surface area contributed by atoms with E-state index in [1.807, 2.05) is 30.3 Å². The molecule has 2 amide bonds. The van der Waals surface area contributed by atoms with E-state index in [9.17, 15) is 18.0 Å². The summed E-state index contributed by atoms with van der Waals surface area (Å²) in [6.07, 6.45) is -2.80. The first-order valence-electron chi connectivity index (χ1n) is 9.21. The highest BCUT2D eigenvalue weighted by Gasteiger charge is 2.36. The number of amides is 2. The van der Waals surface area contributed by atoms with Crippen molar-refractivity contribution in [1.82, 2.24) is 19.9 Å². The van der Waals surface area contributed by atoms with E-state index in [1.165, 1.54) is 23.1 Å². The highest BCUT2D eigenvalue weighted by molar-refractivity contribution is 5.90. The molecule has 1 fully saturated rings. The third-order valence-corrected chi connectivity index (χ3v) is 4.69. The first kappa shape index (κ1) is 19.7. The number of alkyl halides is 3. The number of hydrogen-bond acceptors (Lipinski definition) is 4. The number of rotatable bonds is 5. The number of urea groups is 1. The van der Waals surface area contributed by atoms with Crippen molar-refractivity contribution in [1.29, 1.82) is 0 Å². The Morgan fingerprint density at radius 1 is 1.10 bits per heavy atom. The van der Waals surface area contributed by atoms with Crippen molar-refractivity contribution in [3.8, 4) is 5.75 Å². The van der Waals surface area contributed by atoms with Gasteiger partial charge in [-0.05, 0) is 24.3 Å². The minimum atomic E-state index is -4.54. The van der Waals surface area contributed by atoms with E-state index in [0.29, 0.717) is 18.8 Å². The molecule has 0 radical (unpaired) electrons. The van der Waals surface area contributed by atoms with Crippen LogP contribution in [-0.2, 0) is 12.8 Å². The molecule has 0 atom stereocenters. The molecule has 1 aliphatic heterocycles. The summed E-state index contributed by atoms with van der Waals surface area (Å²) in [5, 5.41) is 10.4. The summed E-state index contributed by atoms with van der Waals surface area (Å²) in [5.74, 6) is 0.720. The lowest BCUT2D eigenvalue weighted by molar-refractivity contribution is -0.136. The summed E-state index contributed by atoms with van der Waals surface area (Å²) in [5.41, 5.74) is -0.504. The maximum Gasteiger partial charge on any atom is 0.418 e. The molecule has 0 spiro atoms. The second-order valence-corrected chi connectivity index (χ2v) is 6.82. The Kier molecular flexibility index (Phi) is 5.30. The van der Waals surface area contributed by atoms with Crippen LogP contribution in [0, 0.1) is 0 Å². The first-order valence-corrected chi connectivity index (χ1v) is 9.21. The van der Waals surface area contributed by atoms with Crippen molar-refractivity contribution in [2.24, 2.45) is 0 Å². The van der Waals surface area contributed by atoms with Crippen LogP contribution in [0.1, 0.15) is 17.3 Å². The molecule has 156 valence electrons. The molecular weight excluding hydrogens is 399 g/mol. The lowest BCUT2D eigenvalue weighted by Crippen LogP contribution is -2.52. The van der Waals surface area contributed by atoms with Gasteiger partial charge in [0.05, 0.1) is 23.5 Å². The topological polar surface area (TPSA) is 72.3 Å². The number of hydrogen-bond donors (Lipinski definition) is 1. The summed E-state index contributed by atoms with van der Waals surface area (Å²) < 4.78 is 46.4. The molecule has 0 aliphatic carbocycles. The van der Waals surface area contributed by atoms with Gasteiger partial charge in [0.1, 0.15) is 18.1 Å². The summed E-state index contributed by atoms with van der Waals surface area (Å²) in [6.45, 7) is 0.903. The number of aromatic nitrogens is 3. The molecule has 0 bridgehead atoms. The van der Waals surface area contributed by atoms with Crippen molar-refractivity contribution < 1.29 is 22.7 Å². The van der Waals surface area contributed by atoms with Crippen LogP contribution >= 0.6 is 0 Å². The fourth-order valence-electron chi connectivity index (χ4n) is 3.05. The number of nitrogens with zero attached hydrogens (tertiary/aromatic N) is 4. The average molecular weight is 417 g/mol. The third kappa shape index (κ3) is 4.37. The predicted octanol–water partition coefficient (Wildman–Crippen LogP) is 3.96.